The number of aromatic amines is 1. The fraction of sp³-hybridized carbons (Fsp3) is 0.182. The minimum absolute atomic E-state index is 0.750. The molecule has 2 rings (SSSR count). The highest BCUT2D eigenvalue weighted by Crippen LogP contribution is 2.25. The highest BCUT2D eigenvalue weighted by molar-refractivity contribution is 7.71. The maximum Gasteiger partial charge on any atom is 0.103 e. The zero-order valence-electron chi connectivity index (χ0n) is 8.02. The van der Waals surface area contributed by atoms with E-state index in [4.69, 9.17) is 23.8 Å². The van der Waals surface area contributed by atoms with Gasteiger partial charge in [0.15, 0.2) is 0 Å². The molecular weight excluding hydrogens is 214 g/mol. The Bertz CT molecular complexity index is 557. The molecule has 0 radical (unpaired) electrons. The lowest BCUT2D eigenvalue weighted by Gasteiger charge is -2.06. The van der Waals surface area contributed by atoms with Crippen molar-refractivity contribution in [1.82, 2.24) is 4.98 Å². The van der Waals surface area contributed by atoms with Crippen molar-refractivity contribution in [2.45, 2.75) is 13.8 Å². The molecule has 0 aliphatic rings. The number of aromatic nitrogens is 1. The first-order chi connectivity index (χ1) is 6.59. The van der Waals surface area contributed by atoms with Crippen molar-refractivity contribution in [3.05, 3.63) is 39.0 Å². The Kier molecular flexibility index (Phi) is 2.33. The van der Waals surface area contributed by atoms with E-state index >= 15 is 0 Å². The van der Waals surface area contributed by atoms with Crippen molar-refractivity contribution in [3.63, 3.8) is 0 Å². The van der Waals surface area contributed by atoms with E-state index in [9.17, 15) is 0 Å². The van der Waals surface area contributed by atoms with Crippen LogP contribution in [0.15, 0.2) is 18.2 Å². The summed E-state index contributed by atoms with van der Waals surface area (Å²) in [7, 11) is 0. The molecule has 0 spiro atoms. The number of fused-ring (bicyclic) bond motifs is 1. The number of hydrogen-bond donors (Lipinski definition) is 1. The van der Waals surface area contributed by atoms with Gasteiger partial charge in [-0.15, -0.1) is 0 Å². The summed E-state index contributed by atoms with van der Waals surface area (Å²) in [4.78, 5) is 3.17. The normalized spacial score (nSPS) is 10.8. The second-order valence-corrected chi connectivity index (χ2v) is 4.26. The zero-order chi connectivity index (χ0) is 10.3. The topological polar surface area (TPSA) is 15.8 Å². The summed E-state index contributed by atoms with van der Waals surface area (Å²) in [5.41, 5.74) is 3.28. The van der Waals surface area contributed by atoms with Crippen molar-refractivity contribution in [1.29, 1.82) is 0 Å². The lowest BCUT2D eigenvalue weighted by atomic mass is 10.1. The SMILES string of the molecule is Cc1cc(=S)[nH]c2c(C)c(Cl)ccc12. The van der Waals surface area contributed by atoms with E-state index in [0.29, 0.717) is 0 Å². The van der Waals surface area contributed by atoms with Gasteiger partial charge in [-0.25, -0.2) is 0 Å². The Hall–Kier alpha value is -0.860. The van der Waals surface area contributed by atoms with Gasteiger partial charge in [-0.3, -0.25) is 0 Å². The first-order valence-electron chi connectivity index (χ1n) is 4.38. The first kappa shape index (κ1) is 9.69. The molecule has 14 heavy (non-hydrogen) atoms. The van der Waals surface area contributed by atoms with Crippen molar-refractivity contribution in [2.75, 3.05) is 0 Å². The van der Waals surface area contributed by atoms with E-state index < -0.39 is 0 Å². The molecule has 0 saturated carbocycles. The van der Waals surface area contributed by atoms with E-state index in [1.54, 1.807) is 0 Å². The summed E-state index contributed by atoms with van der Waals surface area (Å²) in [6.07, 6.45) is 0. The molecule has 0 unspecified atom stereocenters. The number of halogens is 1. The van der Waals surface area contributed by atoms with E-state index in [1.807, 2.05) is 25.1 Å². The minimum atomic E-state index is 0.750. The maximum absolute atomic E-state index is 6.04. The van der Waals surface area contributed by atoms with Gasteiger partial charge in [-0.2, -0.15) is 0 Å². The van der Waals surface area contributed by atoms with Crippen molar-refractivity contribution >= 4 is 34.7 Å². The number of H-pyrrole nitrogens is 1. The second-order valence-electron chi connectivity index (χ2n) is 3.41. The van der Waals surface area contributed by atoms with E-state index in [0.717, 1.165) is 20.7 Å². The van der Waals surface area contributed by atoms with Crippen LogP contribution in [0.3, 0.4) is 0 Å². The summed E-state index contributed by atoms with van der Waals surface area (Å²) >= 11 is 11.2. The van der Waals surface area contributed by atoms with Crippen LogP contribution in [0.5, 0.6) is 0 Å². The summed E-state index contributed by atoms with van der Waals surface area (Å²) < 4.78 is 0.750. The quantitative estimate of drug-likeness (QED) is 0.663. The van der Waals surface area contributed by atoms with Crippen molar-refractivity contribution in [2.24, 2.45) is 0 Å². The third-order valence-corrected chi connectivity index (χ3v) is 3.05. The average Bonchev–Trinajstić information content (AvgIpc) is 2.12. The fourth-order valence-electron chi connectivity index (χ4n) is 1.61. The molecule has 1 nitrogen and oxygen atoms in total. The Labute approximate surface area is 92.7 Å². The Morgan fingerprint density at radius 2 is 2.00 bits per heavy atom. The molecule has 0 saturated heterocycles. The van der Waals surface area contributed by atoms with Gasteiger partial charge in [0.25, 0.3) is 0 Å². The molecule has 1 aromatic heterocycles. The van der Waals surface area contributed by atoms with Gasteiger partial charge < -0.3 is 4.98 Å². The van der Waals surface area contributed by atoms with Gasteiger partial charge in [0.1, 0.15) is 4.64 Å². The van der Waals surface area contributed by atoms with Crippen LogP contribution in [-0.4, -0.2) is 4.98 Å². The number of nitrogens with one attached hydrogen (secondary N) is 1. The van der Waals surface area contributed by atoms with Crippen LogP contribution >= 0.6 is 23.8 Å². The molecule has 1 N–H and O–H groups in total. The number of pyridine rings is 1. The molecule has 0 atom stereocenters. The summed E-state index contributed by atoms with van der Waals surface area (Å²) in [5.74, 6) is 0. The van der Waals surface area contributed by atoms with Crippen molar-refractivity contribution in [3.8, 4) is 0 Å². The van der Waals surface area contributed by atoms with Crippen LogP contribution in [0.4, 0.5) is 0 Å². The molecule has 2 aromatic rings. The summed E-state index contributed by atoms with van der Waals surface area (Å²) in [6.45, 7) is 4.05. The molecule has 0 bridgehead atoms. The maximum atomic E-state index is 6.04. The molecule has 3 heteroatoms. The molecule has 72 valence electrons. The summed E-state index contributed by atoms with van der Waals surface area (Å²) in [5, 5.41) is 1.95. The van der Waals surface area contributed by atoms with Crippen molar-refractivity contribution < 1.29 is 0 Å². The smallest absolute Gasteiger partial charge is 0.103 e. The predicted octanol–water partition coefficient (Wildman–Crippen LogP) is 4.17. The lowest BCUT2D eigenvalue weighted by molar-refractivity contribution is 1.31. The second kappa shape index (κ2) is 3.37. The lowest BCUT2D eigenvalue weighted by Crippen LogP contribution is -1.88. The monoisotopic (exact) mass is 223 g/mol. The third-order valence-electron chi connectivity index (χ3n) is 2.42. The van der Waals surface area contributed by atoms with Crippen LogP contribution in [0.25, 0.3) is 10.9 Å². The zero-order valence-corrected chi connectivity index (χ0v) is 9.59. The minimum Gasteiger partial charge on any atom is -0.346 e. The molecule has 0 fully saturated rings. The Morgan fingerprint density at radius 3 is 2.71 bits per heavy atom. The summed E-state index contributed by atoms with van der Waals surface area (Å²) in [6, 6.07) is 5.90. The molecule has 0 aliphatic carbocycles. The first-order valence-corrected chi connectivity index (χ1v) is 5.17. The molecule has 1 heterocycles. The third kappa shape index (κ3) is 1.45. The number of rotatable bonds is 0. The number of aryl methyl sites for hydroxylation is 2. The highest BCUT2D eigenvalue weighted by Gasteiger charge is 2.03. The number of benzene rings is 1. The number of hydrogen-bond acceptors (Lipinski definition) is 1. The van der Waals surface area contributed by atoms with E-state index in [1.165, 1.54) is 10.9 Å². The Balaban J connectivity index is 3.02. The van der Waals surface area contributed by atoms with Gasteiger partial charge in [-0.1, -0.05) is 29.9 Å². The van der Waals surface area contributed by atoms with Crippen LogP contribution in [-0.2, 0) is 0 Å². The van der Waals surface area contributed by atoms with Gasteiger partial charge in [0.05, 0.1) is 5.52 Å². The van der Waals surface area contributed by atoms with E-state index in [-0.39, 0.29) is 0 Å². The molecular formula is C11H10ClNS. The van der Waals surface area contributed by atoms with Gasteiger partial charge >= 0.3 is 0 Å². The van der Waals surface area contributed by atoms with Gasteiger partial charge in [0.2, 0.25) is 0 Å². The molecule has 0 amide bonds. The van der Waals surface area contributed by atoms with Crippen LogP contribution < -0.4 is 0 Å². The van der Waals surface area contributed by atoms with Gasteiger partial charge in [0, 0.05) is 10.4 Å². The Morgan fingerprint density at radius 1 is 1.29 bits per heavy atom. The van der Waals surface area contributed by atoms with Crippen LogP contribution in [0, 0.1) is 18.5 Å². The fourth-order valence-corrected chi connectivity index (χ4v) is 2.05. The largest absolute Gasteiger partial charge is 0.346 e. The molecule has 1 aromatic carbocycles. The van der Waals surface area contributed by atoms with E-state index in [2.05, 4.69) is 11.9 Å². The predicted molar refractivity (Wildman–Crippen MR) is 63.6 cm³/mol. The van der Waals surface area contributed by atoms with Crippen LogP contribution in [0.1, 0.15) is 11.1 Å². The highest BCUT2D eigenvalue weighted by atomic mass is 35.5. The average molecular weight is 224 g/mol. The van der Waals surface area contributed by atoms with Crippen LogP contribution in [0.2, 0.25) is 5.02 Å². The molecule has 0 aliphatic heterocycles. The standard InChI is InChI=1S/C11H10ClNS/c1-6-5-10(14)13-11-7(2)9(12)4-3-8(6)11/h3-5H,1-2H3,(H,13,14). The van der Waals surface area contributed by atoms with Gasteiger partial charge in [-0.05, 0) is 37.1 Å².